The maximum Gasteiger partial charge on any atom is 0.0534 e. The smallest absolute Gasteiger partial charge is 0.0534 e. The highest BCUT2D eigenvalue weighted by atomic mass is 16.5. The summed E-state index contributed by atoms with van der Waals surface area (Å²) < 4.78 is 5.64. The lowest BCUT2D eigenvalue weighted by molar-refractivity contribution is 0.0532. The van der Waals surface area contributed by atoms with Crippen LogP contribution in [-0.2, 0) is 4.74 Å². The first-order valence-electron chi connectivity index (χ1n) is 6.47. The Bertz CT molecular complexity index is 162. The van der Waals surface area contributed by atoms with Crippen LogP contribution in [0.5, 0.6) is 0 Å². The third-order valence-corrected chi connectivity index (χ3v) is 3.33. The fourth-order valence-electron chi connectivity index (χ4n) is 2.44. The minimum Gasteiger partial charge on any atom is -0.381 e. The van der Waals surface area contributed by atoms with Crippen LogP contribution in [-0.4, -0.2) is 26.3 Å². The molecule has 0 amide bonds. The quantitative estimate of drug-likeness (QED) is 0.702. The van der Waals surface area contributed by atoms with E-state index < -0.39 is 0 Å². The highest BCUT2D eigenvalue weighted by Gasteiger charge is 2.33. The molecule has 0 saturated heterocycles. The lowest BCUT2D eigenvalue weighted by atomic mass is 9.87. The SMILES string of the molecule is CCOCC1(CNCC(C)C)CCCC1. The second kappa shape index (κ2) is 6.49. The van der Waals surface area contributed by atoms with Gasteiger partial charge in [0.1, 0.15) is 0 Å². The van der Waals surface area contributed by atoms with Gasteiger partial charge >= 0.3 is 0 Å². The number of ether oxygens (including phenoxy) is 1. The average Bonchev–Trinajstić information content (AvgIpc) is 2.64. The monoisotopic (exact) mass is 213 g/mol. The largest absolute Gasteiger partial charge is 0.381 e. The highest BCUT2D eigenvalue weighted by molar-refractivity contribution is 4.86. The Morgan fingerprint density at radius 1 is 1.27 bits per heavy atom. The fraction of sp³-hybridized carbons (Fsp3) is 1.00. The predicted molar refractivity (Wildman–Crippen MR) is 65.1 cm³/mol. The summed E-state index contributed by atoms with van der Waals surface area (Å²) in [5.74, 6) is 0.746. The molecule has 0 bridgehead atoms. The molecule has 90 valence electrons. The van der Waals surface area contributed by atoms with E-state index in [1.165, 1.54) is 25.7 Å². The van der Waals surface area contributed by atoms with Crippen molar-refractivity contribution in [3.63, 3.8) is 0 Å². The van der Waals surface area contributed by atoms with Crippen LogP contribution >= 0.6 is 0 Å². The molecule has 2 heteroatoms. The molecule has 15 heavy (non-hydrogen) atoms. The first kappa shape index (κ1) is 13.0. The Morgan fingerprint density at radius 3 is 2.47 bits per heavy atom. The van der Waals surface area contributed by atoms with Gasteiger partial charge in [0, 0.05) is 18.6 Å². The van der Waals surface area contributed by atoms with Gasteiger partial charge in [0.25, 0.3) is 0 Å². The lowest BCUT2D eigenvalue weighted by Crippen LogP contribution is -2.37. The summed E-state index contributed by atoms with van der Waals surface area (Å²) in [6, 6.07) is 0. The third-order valence-electron chi connectivity index (χ3n) is 3.33. The van der Waals surface area contributed by atoms with Crippen LogP contribution in [0.1, 0.15) is 46.5 Å². The van der Waals surface area contributed by atoms with Crippen LogP contribution in [0.2, 0.25) is 0 Å². The van der Waals surface area contributed by atoms with Crippen molar-refractivity contribution < 1.29 is 4.74 Å². The second-order valence-corrected chi connectivity index (χ2v) is 5.37. The van der Waals surface area contributed by atoms with E-state index >= 15 is 0 Å². The zero-order valence-corrected chi connectivity index (χ0v) is 10.6. The van der Waals surface area contributed by atoms with Gasteiger partial charge in [-0.05, 0) is 32.2 Å². The van der Waals surface area contributed by atoms with Crippen molar-refractivity contribution in [2.24, 2.45) is 11.3 Å². The van der Waals surface area contributed by atoms with E-state index in [-0.39, 0.29) is 0 Å². The molecule has 1 N–H and O–H groups in total. The van der Waals surface area contributed by atoms with Crippen molar-refractivity contribution in [3.8, 4) is 0 Å². The summed E-state index contributed by atoms with van der Waals surface area (Å²) in [7, 11) is 0. The minimum atomic E-state index is 0.449. The molecule has 0 aromatic carbocycles. The molecule has 1 saturated carbocycles. The number of nitrogens with one attached hydrogen (secondary N) is 1. The van der Waals surface area contributed by atoms with E-state index in [4.69, 9.17) is 4.74 Å². The van der Waals surface area contributed by atoms with Crippen molar-refractivity contribution in [1.82, 2.24) is 5.32 Å². The van der Waals surface area contributed by atoms with Gasteiger partial charge in [-0.25, -0.2) is 0 Å². The molecule has 0 heterocycles. The van der Waals surface area contributed by atoms with Crippen molar-refractivity contribution in [1.29, 1.82) is 0 Å². The van der Waals surface area contributed by atoms with Gasteiger partial charge in [-0.15, -0.1) is 0 Å². The zero-order chi connectivity index (χ0) is 11.1. The first-order chi connectivity index (χ1) is 7.18. The Balaban J connectivity index is 2.29. The van der Waals surface area contributed by atoms with Crippen LogP contribution in [0.15, 0.2) is 0 Å². The van der Waals surface area contributed by atoms with Crippen LogP contribution in [0.3, 0.4) is 0 Å². The summed E-state index contributed by atoms with van der Waals surface area (Å²) in [6.45, 7) is 10.7. The van der Waals surface area contributed by atoms with E-state index in [1.54, 1.807) is 0 Å². The van der Waals surface area contributed by atoms with Gasteiger partial charge < -0.3 is 10.1 Å². The number of rotatable bonds is 7. The van der Waals surface area contributed by atoms with Crippen LogP contribution in [0, 0.1) is 11.3 Å². The third kappa shape index (κ3) is 4.52. The summed E-state index contributed by atoms with van der Waals surface area (Å²) in [6.07, 6.45) is 5.46. The molecule has 0 aromatic rings. The lowest BCUT2D eigenvalue weighted by Gasteiger charge is -2.29. The number of hydrogen-bond donors (Lipinski definition) is 1. The van der Waals surface area contributed by atoms with Gasteiger partial charge in [0.2, 0.25) is 0 Å². The highest BCUT2D eigenvalue weighted by Crippen LogP contribution is 2.37. The minimum absolute atomic E-state index is 0.449. The Hall–Kier alpha value is -0.0800. The fourth-order valence-corrected chi connectivity index (χ4v) is 2.44. The molecule has 1 fully saturated rings. The standard InChI is InChI=1S/C13H27NO/c1-4-15-11-13(7-5-6-8-13)10-14-9-12(2)3/h12,14H,4-11H2,1-3H3. The van der Waals surface area contributed by atoms with Crippen LogP contribution in [0.4, 0.5) is 0 Å². The molecule has 1 aliphatic rings. The van der Waals surface area contributed by atoms with Gasteiger partial charge in [-0.3, -0.25) is 0 Å². The Kier molecular flexibility index (Phi) is 5.62. The summed E-state index contributed by atoms with van der Waals surface area (Å²) in [5.41, 5.74) is 0.449. The van der Waals surface area contributed by atoms with Crippen molar-refractivity contribution >= 4 is 0 Å². The first-order valence-corrected chi connectivity index (χ1v) is 6.47. The van der Waals surface area contributed by atoms with Crippen molar-refractivity contribution in [2.45, 2.75) is 46.5 Å². The predicted octanol–water partition coefficient (Wildman–Crippen LogP) is 2.83. The maximum absolute atomic E-state index is 5.64. The zero-order valence-electron chi connectivity index (χ0n) is 10.6. The molecule has 0 radical (unpaired) electrons. The van der Waals surface area contributed by atoms with Crippen molar-refractivity contribution in [3.05, 3.63) is 0 Å². The van der Waals surface area contributed by atoms with Gasteiger partial charge in [0.15, 0.2) is 0 Å². The van der Waals surface area contributed by atoms with Gasteiger partial charge in [-0.2, -0.15) is 0 Å². The number of hydrogen-bond acceptors (Lipinski definition) is 2. The van der Waals surface area contributed by atoms with E-state index in [9.17, 15) is 0 Å². The normalized spacial score (nSPS) is 20.0. The molecule has 1 aliphatic carbocycles. The Labute approximate surface area is 94.8 Å². The second-order valence-electron chi connectivity index (χ2n) is 5.37. The molecule has 0 spiro atoms. The molecule has 0 aliphatic heterocycles. The van der Waals surface area contributed by atoms with E-state index in [2.05, 4.69) is 26.1 Å². The van der Waals surface area contributed by atoms with Gasteiger partial charge in [0.05, 0.1) is 6.61 Å². The molecule has 0 atom stereocenters. The molecule has 1 rings (SSSR count). The topological polar surface area (TPSA) is 21.3 Å². The van der Waals surface area contributed by atoms with Crippen LogP contribution < -0.4 is 5.32 Å². The van der Waals surface area contributed by atoms with Crippen molar-refractivity contribution in [2.75, 3.05) is 26.3 Å². The van der Waals surface area contributed by atoms with E-state index in [0.717, 1.165) is 32.2 Å². The van der Waals surface area contributed by atoms with Gasteiger partial charge in [-0.1, -0.05) is 26.7 Å². The summed E-state index contributed by atoms with van der Waals surface area (Å²) >= 11 is 0. The van der Waals surface area contributed by atoms with Crippen LogP contribution in [0.25, 0.3) is 0 Å². The summed E-state index contributed by atoms with van der Waals surface area (Å²) in [5, 5.41) is 3.60. The van der Waals surface area contributed by atoms with E-state index in [1.807, 2.05) is 0 Å². The summed E-state index contributed by atoms with van der Waals surface area (Å²) in [4.78, 5) is 0. The molecule has 0 unspecified atom stereocenters. The molecular formula is C13H27NO. The molecule has 0 aromatic heterocycles. The average molecular weight is 213 g/mol. The van der Waals surface area contributed by atoms with E-state index in [0.29, 0.717) is 5.41 Å². The molecule has 2 nitrogen and oxygen atoms in total. The Morgan fingerprint density at radius 2 is 1.93 bits per heavy atom. The molecular weight excluding hydrogens is 186 g/mol. The maximum atomic E-state index is 5.64.